The topological polar surface area (TPSA) is 64.4 Å². The van der Waals surface area contributed by atoms with Crippen LogP contribution in [-0.2, 0) is 4.79 Å². The van der Waals surface area contributed by atoms with Crippen LogP contribution in [0.3, 0.4) is 0 Å². The summed E-state index contributed by atoms with van der Waals surface area (Å²) in [5.41, 5.74) is 1.07. The summed E-state index contributed by atoms with van der Waals surface area (Å²) in [5.74, 6) is 0.917. The number of carbonyl (C=O) groups is 1. The van der Waals surface area contributed by atoms with E-state index in [1.165, 1.54) is 31.0 Å². The quantitative estimate of drug-likeness (QED) is 0.386. The van der Waals surface area contributed by atoms with Gasteiger partial charge in [-0.15, -0.1) is 0 Å². The van der Waals surface area contributed by atoms with Crippen molar-refractivity contribution in [2.24, 2.45) is 0 Å². The number of aromatic nitrogens is 2. The minimum Gasteiger partial charge on any atom is -0.495 e. The predicted octanol–water partition coefficient (Wildman–Crippen LogP) is 4.67. The van der Waals surface area contributed by atoms with Crippen molar-refractivity contribution in [3.63, 3.8) is 0 Å². The molecule has 0 radical (unpaired) electrons. The molecule has 0 atom stereocenters. The maximum absolute atomic E-state index is 13.5. The molecular formula is C25H29N3O3S. The molecule has 1 aliphatic carbocycles. The van der Waals surface area contributed by atoms with E-state index in [2.05, 4.69) is 0 Å². The van der Waals surface area contributed by atoms with Crippen molar-refractivity contribution in [3.8, 4) is 11.4 Å². The number of hydrogen-bond acceptors (Lipinski definition) is 5. The number of methoxy groups -OCH3 is 1. The molecule has 3 aromatic rings. The fourth-order valence-corrected chi connectivity index (χ4v) is 5.37. The molecule has 0 saturated heterocycles. The van der Waals surface area contributed by atoms with Crippen molar-refractivity contribution < 1.29 is 9.53 Å². The molecule has 1 amide bonds. The molecule has 7 heteroatoms. The molecule has 1 fully saturated rings. The van der Waals surface area contributed by atoms with Gasteiger partial charge in [0.25, 0.3) is 5.56 Å². The van der Waals surface area contributed by atoms with Gasteiger partial charge in [-0.05, 0) is 44.0 Å². The molecule has 1 aliphatic rings. The highest BCUT2D eigenvalue weighted by molar-refractivity contribution is 7.99. The monoisotopic (exact) mass is 451 g/mol. The third-order valence-electron chi connectivity index (χ3n) is 6.07. The zero-order chi connectivity index (χ0) is 22.5. The lowest BCUT2D eigenvalue weighted by Gasteiger charge is -2.33. The minimum absolute atomic E-state index is 0.0957. The van der Waals surface area contributed by atoms with Crippen molar-refractivity contribution in [3.05, 3.63) is 58.9 Å². The summed E-state index contributed by atoms with van der Waals surface area (Å²) in [6.07, 6.45) is 5.76. The van der Waals surface area contributed by atoms with Gasteiger partial charge in [0, 0.05) is 12.6 Å². The third-order valence-corrected chi connectivity index (χ3v) is 7.00. The maximum atomic E-state index is 13.5. The van der Waals surface area contributed by atoms with Gasteiger partial charge in [-0.3, -0.25) is 14.2 Å². The molecule has 4 rings (SSSR count). The highest BCUT2D eigenvalue weighted by Gasteiger charge is 2.25. The lowest BCUT2D eigenvalue weighted by molar-refractivity contribution is -0.131. The van der Waals surface area contributed by atoms with E-state index in [-0.39, 0.29) is 17.2 Å². The average molecular weight is 452 g/mol. The number of thioether (sulfide) groups is 1. The number of benzene rings is 2. The summed E-state index contributed by atoms with van der Waals surface area (Å²) in [7, 11) is 1.58. The van der Waals surface area contributed by atoms with Crippen molar-refractivity contribution in [2.45, 2.75) is 50.2 Å². The molecule has 0 unspecified atom stereocenters. The van der Waals surface area contributed by atoms with Crippen LogP contribution < -0.4 is 10.3 Å². The van der Waals surface area contributed by atoms with E-state index in [4.69, 9.17) is 9.72 Å². The van der Waals surface area contributed by atoms with Gasteiger partial charge in [0.2, 0.25) is 5.91 Å². The Morgan fingerprint density at radius 2 is 1.84 bits per heavy atom. The van der Waals surface area contributed by atoms with Crippen LogP contribution in [0.2, 0.25) is 0 Å². The largest absolute Gasteiger partial charge is 0.495 e. The van der Waals surface area contributed by atoms with Crippen molar-refractivity contribution in [1.29, 1.82) is 0 Å². The Balaban J connectivity index is 1.70. The van der Waals surface area contributed by atoms with Crippen LogP contribution in [-0.4, -0.2) is 45.8 Å². The summed E-state index contributed by atoms with van der Waals surface area (Å²) in [6, 6.07) is 15.0. The van der Waals surface area contributed by atoms with E-state index in [0.717, 1.165) is 12.8 Å². The van der Waals surface area contributed by atoms with E-state index in [1.54, 1.807) is 17.7 Å². The molecule has 1 heterocycles. The summed E-state index contributed by atoms with van der Waals surface area (Å²) >= 11 is 1.31. The first-order chi connectivity index (χ1) is 15.6. The predicted molar refractivity (Wildman–Crippen MR) is 129 cm³/mol. The SMILES string of the molecule is CCN(C(=O)CSc1nc2ccccc2c(=O)n1-c1ccccc1OC)C1CCCCC1. The van der Waals surface area contributed by atoms with E-state index < -0.39 is 0 Å². The lowest BCUT2D eigenvalue weighted by atomic mass is 9.94. The second kappa shape index (κ2) is 10.2. The van der Waals surface area contributed by atoms with Crippen LogP contribution in [0.25, 0.3) is 16.6 Å². The van der Waals surface area contributed by atoms with Crippen molar-refractivity contribution in [2.75, 3.05) is 19.4 Å². The number of ether oxygens (including phenoxy) is 1. The normalized spacial score (nSPS) is 14.4. The number of rotatable bonds is 7. The Morgan fingerprint density at radius 1 is 1.12 bits per heavy atom. The molecule has 2 aromatic carbocycles. The number of carbonyl (C=O) groups excluding carboxylic acids is 1. The third kappa shape index (κ3) is 4.53. The molecule has 168 valence electrons. The first kappa shape index (κ1) is 22.4. The van der Waals surface area contributed by atoms with Crippen molar-refractivity contribution >= 4 is 28.6 Å². The van der Waals surface area contributed by atoms with Crippen LogP contribution in [0.4, 0.5) is 0 Å². The van der Waals surface area contributed by atoms with E-state index >= 15 is 0 Å². The van der Waals surface area contributed by atoms with Crippen LogP contribution in [0.15, 0.2) is 58.5 Å². The Morgan fingerprint density at radius 3 is 2.59 bits per heavy atom. The van der Waals surface area contributed by atoms with Gasteiger partial charge in [0.15, 0.2) is 5.16 Å². The molecule has 32 heavy (non-hydrogen) atoms. The molecule has 0 aliphatic heterocycles. The number of fused-ring (bicyclic) bond motifs is 1. The number of amides is 1. The molecule has 0 spiro atoms. The van der Waals surface area contributed by atoms with Gasteiger partial charge in [0.1, 0.15) is 5.75 Å². The van der Waals surface area contributed by atoms with Gasteiger partial charge < -0.3 is 9.64 Å². The fraction of sp³-hybridized carbons (Fsp3) is 0.400. The van der Waals surface area contributed by atoms with E-state index in [0.29, 0.717) is 40.1 Å². The smallest absolute Gasteiger partial charge is 0.266 e. The molecular weight excluding hydrogens is 422 g/mol. The van der Waals surface area contributed by atoms with Crippen LogP contribution in [0.5, 0.6) is 5.75 Å². The Labute approximate surface area is 192 Å². The number of hydrogen-bond donors (Lipinski definition) is 0. The molecule has 1 aromatic heterocycles. The van der Waals surface area contributed by atoms with Gasteiger partial charge in [-0.25, -0.2) is 4.98 Å². The zero-order valence-corrected chi connectivity index (χ0v) is 19.4. The summed E-state index contributed by atoms with van der Waals surface area (Å²) in [4.78, 5) is 33.3. The molecule has 1 saturated carbocycles. The van der Waals surface area contributed by atoms with E-state index in [1.807, 2.05) is 54.3 Å². The lowest BCUT2D eigenvalue weighted by Crippen LogP contribution is -2.42. The maximum Gasteiger partial charge on any atom is 0.266 e. The van der Waals surface area contributed by atoms with Gasteiger partial charge in [0.05, 0.1) is 29.5 Å². The first-order valence-electron chi connectivity index (χ1n) is 11.2. The van der Waals surface area contributed by atoms with Gasteiger partial charge >= 0.3 is 0 Å². The summed E-state index contributed by atoms with van der Waals surface area (Å²) in [6.45, 7) is 2.74. The Hall–Kier alpha value is -2.80. The fourth-order valence-electron chi connectivity index (χ4n) is 4.48. The van der Waals surface area contributed by atoms with Crippen LogP contribution >= 0.6 is 11.8 Å². The summed E-state index contributed by atoms with van der Waals surface area (Å²) < 4.78 is 7.08. The standard InChI is InChI=1S/C25H29N3O3S/c1-3-27(18-11-5-4-6-12-18)23(29)17-32-25-26-20-14-8-7-13-19(20)24(30)28(25)21-15-9-10-16-22(21)31-2/h7-10,13-16,18H,3-6,11-12,17H2,1-2H3. The minimum atomic E-state index is -0.172. The number of nitrogens with zero attached hydrogens (tertiary/aromatic N) is 3. The van der Waals surface area contributed by atoms with Gasteiger partial charge in [-0.2, -0.15) is 0 Å². The second-order valence-electron chi connectivity index (χ2n) is 7.98. The number of para-hydroxylation sites is 3. The molecule has 0 bridgehead atoms. The summed E-state index contributed by atoms with van der Waals surface area (Å²) in [5, 5.41) is 1.03. The van der Waals surface area contributed by atoms with Crippen LogP contribution in [0, 0.1) is 0 Å². The van der Waals surface area contributed by atoms with Gasteiger partial charge in [-0.1, -0.05) is 55.3 Å². The average Bonchev–Trinajstić information content (AvgIpc) is 2.84. The van der Waals surface area contributed by atoms with Crippen molar-refractivity contribution in [1.82, 2.24) is 14.5 Å². The Bertz CT molecular complexity index is 1150. The first-order valence-corrected chi connectivity index (χ1v) is 12.2. The molecule has 6 nitrogen and oxygen atoms in total. The molecule has 0 N–H and O–H groups in total. The Kier molecular flexibility index (Phi) is 7.15. The second-order valence-corrected chi connectivity index (χ2v) is 8.93. The van der Waals surface area contributed by atoms with E-state index in [9.17, 15) is 9.59 Å². The zero-order valence-electron chi connectivity index (χ0n) is 18.6. The van der Waals surface area contributed by atoms with Crippen LogP contribution in [0.1, 0.15) is 39.0 Å². The highest BCUT2D eigenvalue weighted by atomic mass is 32.2. The highest BCUT2D eigenvalue weighted by Crippen LogP contribution is 2.28.